The summed E-state index contributed by atoms with van der Waals surface area (Å²) < 4.78 is 38.4. The van der Waals surface area contributed by atoms with E-state index in [1.165, 1.54) is 12.1 Å². The van der Waals surface area contributed by atoms with Gasteiger partial charge in [0.2, 0.25) is 0 Å². The minimum absolute atomic E-state index is 0.0121. The normalized spacial score (nSPS) is 13.8. The fraction of sp³-hybridized carbons (Fsp3) is 0.160. The summed E-state index contributed by atoms with van der Waals surface area (Å²) in [6.07, 6.45) is -1.87. The fourth-order valence-electron chi connectivity index (χ4n) is 4.24. The first kappa shape index (κ1) is 20.2. The molecule has 0 aliphatic carbocycles. The quantitative estimate of drug-likeness (QED) is 0.407. The molecule has 7 heteroatoms. The second-order valence-electron chi connectivity index (χ2n) is 7.86. The van der Waals surface area contributed by atoms with Crippen LogP contribution in [0.25, 0.3) is 10.9 Å². The number of hydrogen-bond acceptors (Lipinski definition) is 2. The maximum atomic E-state index is 13.2. The third kappa shape index (κ3) is 3.70. The first-order valence-corrected chi connectivity index (χ1v) is 10.3. The number of aromatic amines is 1. The second-order valence-corrected chi connectivity index (χ2v) is 7.86. The maximum Gasteiger partial charge on any atom is 0.416 e. The van der Waals surface area contributed by atoms with Crippen LogP contribution < -0.4 is 5.32 Å². The van der Waals surface area contributed by atoms with E-state index >= 15 is 0 Å². The summed E-state index contributed by atoms with van der Waals surface area (Å²) in [6.45, 7) is 1.05. The van der Waals surface area contributed by atoms with Crippen LogP contribution >= 0.6 is 0 Å². The van der Waals surface area contributed by atoms with E-state index in [1.807, 2.05) is 53.6 Å². The van der Waals surface area contributed by atoms with Gasteiger partial charge in [0.05, 0.1) is 5.56 Å². The van der Waals surface area contributed by atoms with Crippen molar-refractivity contribution in [1.82, 2.24) is 9.88 Å². The van der Waals surface area contributed by atoms with Gasteiger partial charge in [0.15, 0.2) is 0 Å². The van der Waals surface area contributed by atoms with Crippen LogP contribution in [0.3, 0.4) is 0 Å². The zero-order valence-electron chi connectivity index (χ0n) is 17.0. The number of H-pyrrole nitrogens is 1. The molecule has 2 N–H and O–H groups in total. The van der Waals surface area contributed by atoms with Crippen LogP contribution in [-0.4, -0.2) is 22.3 Å². The first-order chi connectivity index (χ1) is 15.4. The largest absolute Gasteiger partial charge is 0.416 e. The third-order valence-corrected chi connectivity index (χ3v) is 5.87. The Labute approximate surface area is 182 Å². The number of carbonyl (C=O) groups is 1. The van der Waals surface area contributed by atoms with E-state index < -0.39 is 11.7 Å². The van der Waals surface area contributed by atoms with Crippen molar-refractivity contribution in [1.29, 1.82) is 0 Å². The summed E-state index contributed by atoms with van der Waals surface area (Å²) in [4.78, 5) is 18.2. The van der Waals surface area contributed by atoms with Gasteiger partial charge in [-0.05, 0) is 66.1 Å². The van der Waals surface area contributed by atoms with Crippen molar-refractivity contribution in [2.45, 2.75) is 19.1 Å². The summed E-state index contributed by atoms with van der Waals surface area (Å²) in [5.74, 6) is -0.0121. The molecule has 0 saturated carbocycles. The molecule has 0 saturated heterocycles. The van der Waals surface area contributed by atoms with E-state index in [0.29, 0.717) is 30.8 Å². The molecule has 5 rings (SSSR count). The SMILES string of the molecule is O=C(c1cccc2[nH]ccc12)N1CCc2c(cccc2Nc2ccc(C(F)(F)F)cc2)C1. The Bertz CT molecular complexity index is 1290. The molecule has 1 aliphatic rings. The molecule has 0 atom stereocenters. The third-order valence-electron chi connectivity index (χ3n) is 5.87. The van der Waals surface area contributed by atoms with E-state index in [4.69, 9.17) is 0 Å². The van der Waals surface area contributed by atoms with Gasteiger partial charge in [0.1, 0.15) is 0 Å². The average Bonchev–Trinajstić information content (AvgIpc) is 3.27. The minimum Gasteiger partial charge on any atom is -0.361 e. The summed E-state index contributed by atoms with van der Waals surface area (Å²) in [5, 5.41) is 4.14. The van der Waals surface area contributed by atoms with Crippen molar-refractivity contribution in [3.8, 4) is 0 Å². The number of benzene rings is 3. The Morgan fingerprint density at radius 2 is 1.75 bits per heavy atom. The van der Waals surface area contributed by atoms with Crippen LogP contribution in [0.4, 0.5) is 24.5 Å². The number of amides is 1. The number of anilines is 2. The molecule has 1 aromatic heterocycles. The molecule has 0 unspecified atom stereocenters. The number of nitrogens with one attached hydrogen (secondary N) is 2. The minimum atomic E-state index is -4.36. The lowest BCUT2D eigenvalue weighted by atomic mass is 9.96. The Morgan fingerprint density at radius 3 is 2.53 bits per heavy atom. The zero-order valence-corrected chi connectivity index (χ0v) is 17.0. The molecular weight excluding hydrogens is 415 g/mol. The van der Waals surface area contributed by atoms with Crippen LogP contribution in [0.15, 0.2) is 72.9 Å². The molecule has 1 amide bonds. The second kappa shape index (κ2) is 7.75. The monoisotopic (exact) mass is 435 g/mol. The Hall–Kier alpha value is -3.74. The van der Waals surface area contributed by atoms with Crippen molar-refractivity contribution in [3.05, 3.63) is 95.2 Å². The number of alkyl halides is 3. The molecule has 0 fully saturated rings. The van der Waals surface area contributed by atoms with Gasteiger partial charge < -0.3 is 15.2 Å². The molecule has 162 valence electrons. The average molecular weight is 435 g/mol. The molecule has 0 bridgehead atoms. The predicted octanol–water partition coefficient (Wildman–Crippen LogP) is 6.13. The number of aromatic nitrogens is 1. The van der Waals surface area contributed by atoms with E-state index in [0.717, 1.165) is 39.8 Å². The molecule has 4 aromatic rings. The number of rotatable bonds is 3. The zero-order chi connectivity index (χ0) is 22.3. The fourth-order valence-corrected chi connectivity index (χ4v) is 4.24. The highest BCUT2D eigenvalue weighted by atomic mass is 19.4. The number of nitrogens with zero attached hydrogens (tertiary/aromatic N) is 1. The number of hydrogen-bond donors (Lipinski definition) is 2. The van der Waals surface area contributed by atoms with Crippen molar-refractivity contribution < 1.29 is 18.0 Å². The predicted molar refractivity (Wildman–Crippen MR) is 118 cm³/mol. The van der Waals surface area contributed by atoms with Gasteiger partial charge in [-0.15, -0.1) is 0 Å². The highest BCUT2D eigenvalue weighted by Gasteiger charge is 2.30. The van der Waals surface area contributed by atoms with Crippen molar-refractivity contribution in [2.75, 3.05) is 11.9 Å². The summed E-state index contributed by atoms with van der Waals surface area (Å²) >= 11 is 0. The molecule has 32 heavy (non-hydrogen) atoms. The molecule has 0 radical (unpaired) electrons. The van der Waals surface area contributed by atoms with Gasteiger partial charge in [-0.25, -0.2) is 0 Å². The first-order valence-electron chi connectivity index (χ1n) is 10.3. The van der Waals surface area contributed by atoms with Gasteiger partial charge in [-0.1, -0.05) is 18.2 Å². The number of carbonyl (C=O) groups excluding carboxylic acids is 1. The molecule has 4 nitrogen and oxygen atoms in total. The van der Waals surface area contributed by atoms with Gasteiger partial charge in [0.25, 0.3) is 5.91 Å². The van der Waals surface area contributed by atoms with Gasteiger partial charge >= 0.3 is 6.18 Å². The number of halogens is 3. The lowest BCUT2D eigenvalue weighted by Gasteiger charge is -2.30. The van der Waals surface area contributed by atoms with E-state index in [1.54, 1.807) is 0 Å². The topological polar surface area (TPSA) is 48.1 Å². The summed E-state index contributed by atoms with van der Waals surface area (Å²) in [6, 6.07) is 18.4. The molecule has 1 aliphatic heterocycles. The smallest absolute Gasteiger partial charge is 0.361 e. The van der Waals surface area contributed by atoms with Crippen molar-refractivity contribution in [3.63, 3.8) is 0 Å². The maximum absolute atomic E-state index is 13.2. The highest BCUT2D eigenvalue weighted by Crippen LogP contribution is 2.33. The molecular formula is C25H20F3N3O. The van der Waals surface area contributed by atoms with Crippen LogP contribution in [0.5, 0.6) is 0 Å². The van der Waals surface area contributed by atoms with Gasteiger partial charge in [0, 0.05) is 47.1 Å². The van der Waals surface area contributed by atoms with Crippen molar-refractivity contribution in [2.24, 2.45) is 0 Å². The van der Waals surface area contributed by atoms with E-state index in [2.05, 4.69) is 10.3 Å². The van der Waals surface area contributed by atoms with E-state index in [9.17, 15) is 18.0 Å². The van der Waals surface area contributed by atoms with Crippen LogP contribution in [0, 0.1) is 0 Å². The number of fused-ring (bicyclic) bond motifs is 2. The molecule has 3 aromatic carbocycles. The Balaban J connectivity index is 1.37. The van der Waals surface area contributed by atoms with Crippen LogP contribution in [0.1, 0.15) is 27.0 Å². The van der Waals surface area contributed by atoms with Crippen LogP contribution in [0.2, 0.25) is 0 Å². The molecule has 0 spiro atoms. The Morgan fingerprint density at radius 1 is 0.969 bits per heavy atom. The van der Waals surface area contributed by atoms with Crippen molar-refractivity contribution >= 4 is 28.2 Å². The van der Waals surface area contributed by atoms with E-state index in [-0.39, 0.29) is 5.91 Å². The summed E-state index contributed by atoms with van der Waals surface area (Å²) in [5.41, 5.74) is 4.47. The lowest BCUT2D eigenvalue weighted by Crippen LogP contribution is -2.36. The highest BCUT2D eigenvalue weighted by molar-refractivity contribution is 6.06. The van der Waals surface area contributed by atoms with Gasteiger partial charge in [-0.2, -0.15) is 13.2 Å². The van der Waals surface area contributed by atoms with Gasteiger partial charge in [-0.3, -0.25) is 4.79 Å². The summed E-state index contributed by atoms with van der Waals surface area (Å²) in [7, 11) is 0. The lowest BCUT2D eigenvalue weighted by molar-refractivity contribution is -0.137. The standard InChI is InChI=1S/C25H20F3N3O/c26-25(27,28)17-7-9-18(10-8-17)30-23-6-1-3-16-15-31(14-12-19(16)23)24(32)21-4-2-5-22-20(21)11-13-29-22/h1-11,13,29-30H,12,14-15H2. The Kier molecular flexibility index (Phi) is 4.89. The van der Waals surface area contributed by atoms with Crippen LogP contribution in [-0.2, 0) is 19.1 Å². The molecule has 2 heterocycles.